The van der Waals surface area contributed by atoms with Crippen molar-refractivity contribution in [1.29, 1.82) is 0 Å². The Bertz CT molecular complexity index is 1290. The monoisotopic (exact) mass is 454 g/mol. The average molecular weight is 454 g/mol. The summed E-state index contributed by atoms with van der Waals surface area (Å²) in [6.07, 6.45) is -1.34. The normalized spacial score (nSPS) is 14.2. The molecular formula is C21H20F2N8O2. The number of hydrogen-bond donors (Lipinski definition) is 1. The first-order valence-corrected chi connectivity index (χ1v) is 10.2. The van der Waals surface area contributed by atoms with E-state index in [9.17, 15) is 8.78 Å². The Hall–Kier alpha value is -3.93. The van der Waals surface area contributed by atoms with Crippen molar-refractivity contribution in [3.8, 4) is 23.1 Å². The first kappa shape index (κ1) is 20.9. The number of anilines is 2. The van der Waals surface area contributed by atoms with E-state index in [4.69, 9.17) is 15.2 Å². The molecule has 1 saturated heterocycles. The van der Waals surface area contributed by atoms with E-state index < -0.39 is 12.2 Å². The van der Waals surface area contributed by atoms with Crippen LogP contribution in [0.15, 0.2) is 36.5 Å². The molecule has 1 aliphatic heterocycles. The maximum Gasteiger partial charge on any atom is 0.296 e. The van der Waals surface area contributed by atoms with Gasteiger partial charge in [-0.05, 0) is 24.3 Å². The lowest BCUT2D eigenvalue weighted by atomic mass is 10.2. The molecule has 1 aromatic carbocycles. The number of alkyl halides is 2. The van der Waals surface area contributed by atoms with Gasteiger partial charge in [-0.2, -0.15) is 15.0 Å². The molecule has 0 spiro atoms. The molecule has 3 aromatic heterocycles. The van der Waals surface area contributed by atoms with Crippen molar-refractivity contribution in [1.82, 2.24) is 29.5 Å². The summed E-state index contributed by atoms with van der Waals surface area (Å²) in [6.45, 7) is 2.13. The summed E-state index contributed by atoms with van der Waals surface area (Å²) in [4.78, 5) is 23.8. The van der Waals surface area contributed by atoms with Gasteiger partial charge in [0.1, 0.15) is 17.1 Å². The van der Waals surface area contributed by atoms with Gasteiger partial charge in [0.15, 0.2) is 11.6 Å². The van der Waals surface area contributed by atoms with Crippen molar-refractivity contribution >= 4 is 22.8 Å². The standard InChI is InChI=1S/C21H20F2N8O2/c1-32-14-4-2-3-13-16(14)26-19(17(22)23)31(13)21-28-18(12-5-6-15(24)25-11-12)27-20(29-21)30-7-9-33-10-8-30/h2-6,11,17H,7-10H2,1H3,(H2,24,25). The lowest BCUT2D eigenvalue weighted by Gasteiger charge is -2.27. The molecule has 1 aliphatic rings. The molecule has 2 N–H and O–H groups in total. The molecule has 4 heterocycles. The van der Waals surface area contributed by atoms with E-state index in [1.807, 2.05) is 4.90 Å². The van der Waals surface area contributed by atoms with Crippen LogP contribution in [0, 0.1) is 0 Å². The van der Waals surface area contributed by atoms with Crippen molar-refractivity contribution in [3.05, 3.63) is 42.4 Å². The molecule has 4 aromatic rings. The molecule has 170 valence electrons. The van der Waals surface area contributed by atoms with Crippen molar-refractivity contribution in [2.45, 2.75) is 6.43 Å². The minimum absolute atomic E-state index is 0.0179. The third kappa shape index (κ3) is 3.89. The van der Waals surface area contributed by atoms with Crippen LogP contribution >= 0.6 is 0 Å². The molecule has 1 fully saturated rings. The number of imidazole rings is 1. The van der Waals surface area contributed by atoms with Crippen molar-refractivity contribution in [3.63, 3.8) is 0 Å². The molecule has 5 rings (SSSR count). The van der Waals surface area contributed by atoms with Gasteiger partial charge >= 0.3 is 0 Å². The fourth-order valence-corrected chi connectivity index (χ4v) is 3.64. The van der Waals surface area contributed by atoms with Crippen LogP contribution < -0.4 is 15.4 Å². The Balaban J connectivity index is 1.75. The zero-order chi connectivity index (χ0) is 22.9. The Morgan fingerprint density at radius 3 is 2.52 bits per heavy atom. The van der Waals surface area contributed by atoms with Crippen LogP contribution in [0.4, 0.5) is 20.5 Å². The van der Waals surface area contributed by atoms with E-state index in [-0.39, 0.29) is 11.8 Å². The zero-order valence-electron chi connectivity index (χ0n) is 17.7. The number of nitrogens with two attached hydrogens (primary N) is 1. The second-order valence-electron chi connectivity index (χ2n) is 7.26. The molecular weight excluding hydrogens is 434 g/mol. The van der Waals surface area contributed by atoms with Crippen LogP contribution in [0.5, 0.6) is 5.75 Å². The first-order valence-electron chi connectivity index (χ1n) is 10.2. The lowest BCUT2D eigenvalue weighted by molar-refractivity contribution is 0.122. The van der Waals surface area contributed by atoms with E-state index >= 15 is 0 Å². The van der Waals surface area contributed by atoms with Gasteiger partial charge in [-0.1, -0.05) is 6.07 Å². The summed E-state index contributed by atoms with van der Waals surface area (Å²) in [7, 11) is 1.46. The highest BCUT2D eigenvalue weighted by molar-refractivity contribution is 5.84. The van der Waals surface area contributed by atoms with Gasteiger partial charge in [0.2, 0.25) is 11.9 Å². The van der Waals surface area contributed by atoms with Crippen LogP contribution in [0.3, 0.4) is 0 Å². The summed E-state index contributed by atoms with van der Waals surface area (Å²) < 4.78 is 40.1. The number of nitrogens with zero attached hydrogens (tertiary/aromatic N) is 7. The first-order chi connectivity index (χ1) is 16.0. The molecule has 12 heteroatoms. The van der Waals surface area contributed by atoms with Crippen molar-refractivity contribution in [2.75, 3.05) is 44.0 Å². The van der Waals surface area contributed by atoms with Gasteiger partial charge in [-0.15, -0.1) is 0 Å². The van der Waals surface area contributed by atoms with E-state index in [1.54, 1.807) is 30.3 Å². The SMILES string of the molecule is COc1cccc2c1nc(C(F)F)n2-c1nc(-c2ccc(N)nc2)nc(N2CCOCC2)n1. The van der Waals surface area contributed by atoms with Crippen LogP contribution in [-0.2, 0) is 4.74 Å². The number of benzene rings is 1. The number of nitrogen functional groups attached to an aromatic ring is 1. The number of aromatic nitrogens is 6. The number of pyridine rings is 1. The quantitative estimate of drug-likeness (QED) is 0.486. The summed E-state index contributed by atoms with van der Waals surface area (Å²) in [6, 6.07) is 8.36. The highest BCUT2D eigenvalue weighted by Gasteiger charge is 2.26. The molecule has 0 amide bonds. The minimum Gasteiger partial charge on any atom is -0.494 e. The molecule has 0 aliphatic carbocycles. The summed E-state index contributed by atoms with van der Waals surface area (Å²) >= 11 is 0. The third-order valence-corrected chi connectivity index (χ3v) is 5.24. The molecule has 0 atom stereocenters. The summed E-state index contributed by atoms with van der Waals surface area (Å²) in [5.41, 5.74) is 6.96. The maximum absolute atomic E-state index is 14.1. The van der Waals surface area contributed by atoms with E-state index in [0.29, 0.717) is 60.4 Å². The number of rotatable bonds is 5. The van der Waals surface area contributed by atoms with E-state index in [2.05, 4.69) is 24.9 Å². The summed E-state index contributed by atoms with van der Waals surface area (Å²) in [5.74, 6) is 0.867. The Kier molecular flexibility index (Phi) is 5.42. The maximum atomic E-state index is 14.1. The smallest absolute Gasteiger partial charge is 0.296 e. The molecule has 0 unspecified atom stereocenters. The van der Waals surface area contributed by atoms with E-state index in [0.717, 1.165) is 0 Å². The predicted octanol–water partition coefficient (Wildman–Crippen LogP) is 2.64. The topological polar surface area (TPSA) is 117 Å². The highest BCUT2D eigenvalue weighted by Crippen LogP contribution is 2.32. The highest BCUT2D eigenvalue weighted by atomic mass is 19.3. The second kappa shape index (κ2) is 8.54. The second-order valence-corrected chi connectivity index (χ2v) is 7.26. The lowest BCUT2D eigenvalue weighted by Crippen LogP contribution is -2.37. The average Bonchev–Trinajstić information content (AvgIpc) is 3.25. The van der Waals surface area contributed by atoms with E-state index in [1.165, 1.54) is 17.9 Å². The van der Waals surface area contributed by atoms with Crippen molar-refractivity contribution < 1.29 is 18.3 Å². The van der Waals surface area contributed by atoms with Crippen LogP contribution in [0.1, 0.15) is 12.2 Å². The van der Waals surface area contributed by atoms with Crippen molar-refractivity contribution in [2.24, 2.45) is 0 Å². The number of para-hydroxylation sites is 1. The van der Waals surface area contributed by atoms with Gasteiger partial charge in [-0.25, -0.2) is 18.7 Å². The summed E-state index contributed by atoms with van der Waals surface area (Å²) in [5, 5.41) is 0. The fourth-order valence-electron chi connectivity index (χ4n) is 3.64. The number of methoxy groups -OCH3 is 1. The number of fused-ring (bicyclic) bond motifs is 1. The fraction of sp³-hybridized carbons (Fsp3) is 0.286. The van der Waals surface area contributed by atoms with Crippen LogP contribution in [0.2, 0.25) is 0 Å². The number of halogens is 2. The van der Waals surface area contributed by atoms with Gasteiger partial charge in [0.05, 0.1) is 25.8 Å². The molecule has 0 saturated carbocycles. The molecule has 10 nitrogen and oxygen atoms in total. The zero-order valence-corrected chi connectivity index (χ0v) is 17.7. The van der Waals surface area contributed by atoms with Gasteiger partial charge < -0.3 is 20.1 Å². The Morgan fingerprint density at radius 1 is 1.03 bits per heavy atom. The van der Waals surface area contributed by atoms with Crippen LogP contribution in [0.25, 0.3) is 28.4 Å². The molecule has 0 bridgehead atoms. The molecule has 0 radical (unpaired) electrons. The largest absolute Gasteiger partial charge is 0.494 e. The molecule has 33 heavy (non-hydrogen) atoms. The van der Waals surface area contributed by atoms with Gasteiger partial charge in [0, 0.05) is 24.8 Å². The van der Waals surface area contributed by atoms with Gasteiger partial charge in [0.25, 0.3) is 6.43 Å². The van der Waals surface area contributed by atoms with Gasteiger partial charge in [-0.3, -0.25) is 4.57 Å². The Labute approximate surface area is 187 Å². The van der Waals surface area contributed by atoms with Crippen LogP contribution in [-0.4, -0.2) is 62.9 Å². The third-order valence-electron chi connectivity index (χ3n) is 5.24. The Morgan fingerprint density at radius 2 is 1.82 bits per heavy atom. The predicted molar refractivity (Wildman–Crippen MR) is 117 cm³/mol. The number of morpholine rings is 1. The minimum atomic E-state index is -2.87. The number of ether oxygens (including phenoxy) is 2. The number of hydrogen-bond acceptors (Lipinski definition) is 9.